The SMILES string of the molecule is COc1cccc(C2=NN(C(=O)C34CC5CC(CC(C5)C3)C4)C(c3cccc(OC)c3)C2)c1. The number of carbonyl (C=O) groups excluding carboxylic acids is 1. The van der Waals surface area contributed by atoms with Gasteiger partial charge in [0, 0.05) is 12.0 Å². The molecule has 2 aromatic rings. The molecular formula is C28H32N2O3. The normalized spacial score (nSPS) is 32.1. The van der Waals surface area contributed by atoms with Crippen LogP contribution in [0.2, 0.25) is 0 Å². The Kier molecular flexibility index (Phi) is 4.97. The first-order chi connectivity index (χ1) is 16.1. The lowest BCUT2D eigenvalue weighted by Gasteiger charge is -2.56. The minimum Gasteiger partial charge on any atom is -0.497 e. The van der Waals surface area contributed by atoms with Gasteiger partial charge in [-0.25, -0.2) is 5.01 Å². The van der Waals surface area contributed by atoms with Crippen LogP contribution >= 0.6 is 0 Å². The van der Waals surface area contributed by atoms with Crippen molar-refractivity contribution in [3.05, 3.63) is 59.7 Å². The van der Waals surface area contributed by atoms with Crippen LogP contribution in [0.25, 0.3) is 0 Å². The molecule has 5 heteroatoms. The van der Waals surface area contributed by atoms with Gasteiger partial charge in [-0.1, -0.05) is 24.3 Å². The van der Waals surface area contributed by atoms with Gasteiger partial charge in [0.25, 0.3) is 0 Å². The molecule has 4 fully saturated rings. The Labute approximate surface area is 195 Å². The van der Waals surface area contributed by atoms with Gasteiger partial charge in [0.1, 0.15) is 11.5 Å². The van der Waals surface area contributed by atoms with Crippen molar-refractivity contribution >= 4 is 11.6 Å². The van der Waals surface area contributed by atoms with E-state index in [9.17, 15) is 4.79 Å². The minimum absolute atomic E-state index is 0.109. The van der Waals surface area contributed by atoms with Crippen LogP contribution in [0.3, 0.4) is 0 Å². The zero-order valence-corrected chi connectivity index (χ0v) is 19.5. The first-order valence-corrected chi connectivity index (χ1v) is 12.3. The first kappa shape index (κ1) is 20.8. The van der Waals surface area contributed by atoms with Crippen molar-refractivity contribution in [3.8, 4) is 11.5 Å². The van der Waals surface area contributed by atoms with Crippen LogP contribution < -0.4 is 9.47 Å². The summed E-state index contributed by atoms with van der Waals surface area (Å²) in [4.78, 5) is 14.3. The molecule has 4 aliphatic carbocycles. The number of nitrogens with zero attached hydrogens (tertiary/aromatic N) is 2. The van der Waals surface area contributed by atoms with E-state index in [1.807, 2.05) is 35.3 Å². The quantitative estimate of drug-likeness (QED) is 0.603. The number of rotatable bonds is 5. The molecule has 5 nitrogen and oxygen atoms in total. The van der Waals surface area contributed by atoms with Gasteiger partial charge >= 0.3 is 0 Å². The number of ether oxygens (including phenoxy) is 2. The fraction of sp³-hybridized carbons (Fsp3) is 0.500. The molecule has 7 rings (SSSR count). The van der Waals surface area contributed by atoms with E-state index in [1.54, 1.807) is 14.2 Å². The Morgan fingerprint density at radius 2 is 1.52 bits per heavy atom. The van der Waals surface area contributed by atoms with E-state index in [1.165, 1.54) is 19.3 Å². The van der Waals surface area contributed by atoms with E-state index in [0.29, 0.717) is 6.42 Å². The molecule has 1 unspecified atom stereocenters. The fourth-order valence-electron chi connectivity index (χ4n) is 7.40. The van der Waals surface area contributed by atoms with Crippen molar-refractivity contribution in [2.45, 2.75) is 51.0 Å². The molecular weight excluding hydrogens is 412 g/mol. The number of carbonyl (C=O) groups is 1. The summed E-state index contributed by atoms with van der Waals surface area (Å²) in [5, 5.41) is 6.85. The summed E-state index contributed by atoms with van der Waals surface area (Å²) in [6.45, 7) is 0. The fourth-order valence-corrected chi connectivity index (χ4v) is 7.40. The maximum absolute atomic E-state index is 14.3. The third-order valence-electron chi connectivity index (χ3n) is 8.49. The molecule has 1 amide bonds. The molecule has 0 spiro atoms. The maximum Gasteiger partial charge on any atom is 0.249 e. The number of hydrogen-bond acceptors (Lipinski definition) is 4. The summed E-state index contributed by atoms with van der Waals surface area (Å²) < 4.78 is 10.9. The highest BCUT2D eigenvalue weighted by molar-refractivity contribution is 6.03. The molecule has 0 aromatic heterocycles. The number of amides is 1. The average molecular weight is 445 g/mol. The predicted molar refractivity (Wildman–Crippen MR) is 127 cm³/mol. The van der Waals surface area contributed by atoms with Crippen LogP contribution in [-0.2, 0) is 4.79 Å². The molecule has 5 aliphatic rings. The van der Waals surface area contributed by atoms with E-state index >= 15 is 0 Å². The van der Waals surface area contributed by atoms with Crippen LogP contribution in [0.5, 0.6) is 11.5 Å². The minimum atomic E-state index is -0.223. The zero-order chi connectivity index (χ0) is 22.6. The van der Waals surface area contributed by atoms with Crippen LogP contribution in [0.4, 0.5) is 0 Å². The van der Waals surface area contributed by atoms with E-state index in [2.05, 4.69) is 18.2 Å². The van der Waals surface area contributed by atoms with E-state index < -0.39 is 0 Å². The molecule has 172 valence electrons. The smallest absolute Gasteiger partial charge is 0.249 e. The molecule has 1 aliphatic heterocycles. The van der Waals surface area contributed by atoms with Gasteiger partial charge in [-0.3, -0.25) is 4.79 Å². The van der Waals surface area contributed by atoms with Crippen molar-refractivity contribution < 1.29 is 14.3 Å². The Hall–Kier alpha value is -2.82. The van der Waals surface area contributed by atoms with Crippen molar-refractivity contribution in [2.24, 2.45) is 28.3 Å². The standard InChI is InChI=1S/C28H32N2O3/c1-32-23-7-3-5-21(12-23)25-14-26(22-6-4-8-24(13-22)33-2)30(29-25)27(31)28-15-18-9-19(16-28)11-20(10-18)17-28/h3-8,12-13,18-20,26H,9-11,14-17H2,1-2H3. The summed E-state index contributed by atoms with van der Waals surface area (Å²) in [6, 6.07) is 16.0. The summed E-state index contributed by atoms with van der Waals surface area (Å²) >= 11 is 0. The molecule has 0 N–H and O–H groups in total. The molecule has 4 saturated carbocycles. The van der Waals surface area contributed by atoms with E-state index in [0.717, 1.165) is 65.4 Å². The van der Waals surface area contributed by atoms with Crippen molar-refractivity contribution in [2.75, 3.05) is 14.2 Å². The van der Waals surface area contributed by atoms with Crippen molar-refractivity contribution in [1.82, 2.24) is 5.01 Å². The van der Waals surface area contributed by atoms with Crippen LogP contribution in [-0.4, -0.2) is 30.8 Å². The monoisotopic (exact) mass is 444 g/mol. The lowest BCUT2D eigenvalue weighted by Crippen LogP contribution is -2.53. The third-order valence-corrected chi connectivity index (χ3v) is 8.49. The Morgan fingerprint density at radius 1 is 0.909 bits per heavy atom. The van der Waals surface area contributed by atoms with E-state index in [-0.39, 0.29) is 17.4 Å². The zero-order valence-electron chi connectivity index (χ0n) is 19.5. The van der Waals surface area contributed by atoms with Crippen LogP contribution in [0.15, 0.2) is 53.6 Å². The van der Waals surface area contributed by atoms with Gasteiger partial charge < -0.3 is 9.47 Å². The largest absolute Gasteiger partial charge is 0.497 e. The average Bonchev–Trinajstić information content (AvgIpc) is 3.28. The van der Waals surface area contributed by atoms with Crippen LogP contribution in [0, 0.1) is 23.2 Å². The van der Waals surface area contributed by atoms with Gasteiger partial charge in [0.05, 0.1) is 31.4 Å². The summed E-state index contributed by atoms with van der Waals surface area (Å²) in [7, 11) is 3.36. The second kappa shape index (κ2) is 7.89. The highest BCUT2D eigenvalue weighted by Crippen LogP contribution is 2.61. The number of hydrogen-bond donors (Lipinski definition) is 0. The lowest BCUT2D eigenvalue weighted by atomic mass is 9.49. The topological polar surface area (TPSA) is 51.1 Å². The summed E-state index contributed by atoms with van der Waals surface area (Å²) in [5.41, 5.74) is 2.82. The highest BCUT2D eigenvalue weighted by Gasteiger charge is 2.57. The van der Waals surface area contributed by atoms with Gasteiger partial charge in [-0.2, -0.15) is 5.10 Å². The van der Waals surface area contributed by atoms with Gasteiger partial charge in [-0.15, -0.1) is 0 Å². The molecule has 1 heterocycles. The van der Waals surface area contributed by atoms with Gasteiger partial charge in [0.2, 0.25) is 5.91 Å². The lowest BCUT2D eigenvalue weighted by molar-refractivity contribution is -0.159. The Bertz CT molecular complexity index is 1070. The predicted octanol–water partition coefficient (Wildman–Crippen LogP) is 5.60. The molecule has 33 heavy (non-hydrogen) atoms. The number of hydrazone groups is 1. The maximum atomic E-state index is 14.3. The molecule has 4 bridgehead atoms. The molecule has 2 aromatic carbocycles. The number of benzene rings is 2. The molecule has 1 atom stereocenters. The Balaban J connectivity index is 1.38. The second-order valence-electron chi connectivity index (χ2n) is 10.6. The molecule has 0 radical (unpaired) electrons. The third kappa shape index (κ3) is 3.53. The van der Waals surface area contributed by atoms with Crippen molar-refractivity contribution in [1.29, 1.82) is 0 Å². The van der Waals surface area contributed by atoms with Crippen molar-refractivity contribution in [3.63, 3.8) is 0 Å². The number of methoxy groups -OCH3 is 2. The summed E-state index contributed by atoms with van der Waals surface area (Å²) in [5.74, 6) is 4.02. The van der Waals surface area contributed by atoms with Gasteiger partial charge in [0.15, 0.2) is 0 Å². The first-order valence-electron chi connectivity index (χ1n) is 12.3. The highest BCUT2D eigenvalue weighted by atomic mass is 16.5. The Morgan fingerprint density at radius 3 is 2.15 bits per heavy atom. The van der Waals surface area contributed by atoms with Crippen LogP contribution in [0.1, 0.15) is 62.1 Å². The molecule has 0 saturated heterocycles. The summed E-state index contributed by atoms with van der Waals surface area (Å²) in [6.07, 6.45) is 7.80. The van der Waals surface area contributed by atoms with Gasteiger partial charge in [-0.05, 0) is 86.1 Å². The second-order valence-corrected chi connectivity index (χ2v) is 10.6. The van der Waals surface area contributed by atoms with E-state index in [4.69, 9.17) is 14.6 Å².